The molecule has 0 saturated carbocycles. The molecule has 2 unspecified atom stereocenters. The number of piperazine rings is 1. The molecular weight excluding hydrogens is 384 g/mol. The minimum absolute atomic E-state index is 0.0236. The Morgan fingerprint density at radius 3 is 2.33 bits per heavy atom. The van der Waals surface area contributed by atoms with Crippen LogP contribution < -0.4 is 4.90 Å². The summed E-state index contributed by atoms with van der Waals surface area (Å²) in [6.45, 7) is 0.881. The normalized spacial score (nSPS) is 24.8. The predicted molar refractivity (Wildman–Crippen MR) is 107 cm³/mol. The van der Waals surface area contributed by atoms with Crippen LogP contribution in [-0.4, -0.2) is 55.9 Å². The van der Waals surface area contributed by atoms with Crippen molar-refractivity contribution < 1.29 is 13.2 Å². The van der Waals surface area contributed by atoms with E-state index in [4.69, 9.17) is 11.6 Å². The zero-order valence-electron chi connectivity index (χ0n) is 14.8. The van der Waals surface area contributed by atoms with Gasteiger partial charge in [-0.2, -0.15) is 0 Å². The van der Waals surface area contributed by atoms with Gasteiger partial charge in [-0.05, 0) is 36.2 Å². The van der Waals surface area contributed by atoms with Crippen molar-refractivity contribution in [3.8, 4) is 0 Å². The van der Waals surface area contributed by atoms with Gasteiger partial charge in [0.15, 0.2) is 9.84 Å². The summed E-state index contributed by atoms with van der Waals surface area (Å²) in [4.78, 5) is 16.6. The van der Waals surface area contributed by atoms with Crippen molar-refractivity contribution in [3.05, 3.63) is 65.2 Å². The molecule has 0 bridgehead atoms. The van der Waals surface area contributed by atoms with E-state index in [2.05, 4.69) is 0 Å². The zero-order valence-corrected chi connectivity index (χ0v) is 16.4. The van der Waals surface area contributed by atoms with E-state index in [1.165, 1.54) is 0 Å². The lowest BCUT2D eigenvalue weighted by Crippen LogP contribution is -2.62. The maximum atomic E-state index is 12.9. The maximum Gasteiger partial charge on any atom is 0.241 e. The molecule has 2 aromatic rings. The Morgan fingerprint density at radius 1 is 0.963 bits per heavy atom. The van der Waals surface area contributed by atoms with E-state index >= 15 is 0 Å². The topological polar surface area (TPSA) is 57.7 Å². The van der Waals surface area contributed by atoms with Crippen molar-refractivity contribution in [2.75, 3.05) is 29.5 Å². The van der Waals surface area contributed by atoms with E-state index in [9.17, 15) is 13.2 Å². The fourth-order valence-corrected chi connectivity index (χ4v) is 6.16. The van der Waals surface area contributed by atoms with E-state index in [-0.39, 0.29) is 36.0 Å². The van der Waals surface area contributed by atoms with Crippen LogP contribution in [0.3, 0.4) is 0 Å². The summed E-state index contributed by atoms with van der Waals surface area (Å²) < 4.78 is 24.7. The first-order valence-corrected chi connectivity index (χ1v) is 11.2. The fourth-order valence-electron chi connectivity index (χ4n) is 4.05. The summed E-state index contributed by atoms with van der Waals surface area (Å²) in [5.74, 6) is 0.0839. The third kappa shape index (κ3) is 3.88. The molecule has 4 rings (SSSR count). The van der Waals surface area contributed by atoms with Crippen LogP contribution in [0.4, 0.5) is 5.69 Å². The van der Waals surface area contributed by atoms with Crippen molar-refractivity contribution in [2.45, 2.75) is 18.5 Å². The average Bonchev–Trinajstić information content (AvgIpc) is 2.96. The largest absolute Gasteiger partial charge is 0.306 e. The van der Waals surface area contributed by atoms with E-state index < -0.39 is 9.84 Å². The molecule has 2 aromatic carbocycles. The molecule has 2 heterocycles. The van der Waals surface area contributed by atoms with Gasteiger partial charge in [0.25, 0.3) is 0 Å². The van der Waals surface area contributed by atoms with Crippen LogP contribution in [0.2, 0.25) is 5.02 Å². The van der Waals surface area contributed by atoms with Crippen LogP contribution in [0.5, 0.6) is 0 Å². The Morgan fingerprint density at radius 2 is 1.63 bits per heavy atom. The number of sulfone groups is 1. The quantitative estimate of drug-likeness (QED) is 0.785. The molecule has 0 radical (unpaired) electrons. The lowest BCUT2D eigenvalue weighted by molar-refractivity contribution is -0.123. The first-order valence-electron chi connectivity index (χ1n) is 8.99. The van der Waals surface area contributed by atoms with E-state index in [1.54, 1.807) is 4.90 Å². The van der Waals surface area contributed by atoms with Crippen LogP contribution in [0.25, 0.3) is 0 Å². The Hall–Kier alpha value is -1.89. The number of carbonyl (C=O) groups is 1. The second kappa shape index (κ2) is 7.26. The smallest absolute Gasteiger partial charge is 0.241 e. The van der Waals surface area contributed by atoms with Gasteiger partial charge in [-0.1, -0.05) is 41.9 Å². The minimum Gasteiger partial charge on any atom is -0.306 e. The van der Waals surface area contributed by atoms with Gasteiger partial charge >= 0.3 is 0 Å². The number of rotatable bonds is 4. The van der Waals surface area contributed by atoms with Crippen LogP contribution in [0.1, 0.15) is 5.56 Å². The highest BCUT2D eigenvalue weighted by Crippen LogP contribution is 2.31. The standard InChI is InChI=1S/C20H21ClN2O3S/c21-16-8-6-15(7-9-16)10-11-22-12-20(24)23(17-4-2-1-3-5-17)19-14-27(25,26)13-18(19)22/h1-9,18-19H,10-14H2. The van der Waals surface area contributed by atoms with E-state index in [1.807, 2.05) is 59.5 Å². The number of carbonyl (C=O) groups excluding carboxylic acids is 1. The van der Waals surface area contributed by atoms with E-state index in [0.717, 1.165) is 17.7 Å². The number of hydrogen-bond acceptors (Lipinski definition) is 4. The molecule has 142 valence electrons. The van der Waals surface area contributed by atoms with Gasteiger partial charge in [0, 0.05) is 23.3 Å². The van der Waals surface area contributed by atoms with Crippen LogP contribution in [-0.2, 0) is 21.1 Å². The van der Waals surface area contributed by atoms with Gasteiger partial charge in [0.1, 0.15) is 0 Å². The molecule has 0 aliphatic carbocycles. The predicted octanol–water partition coefficient (Wildman–Crippen LogP) is 2.40. The highest BCUT2D eigenvalue weighted by Gasteiger charge is 2.49. The molecule has 0 aromatic heterocycles. The molecule has 2 saturated heterocycles. The number of fused-ring (bicyclic) bond motifs is 1. The Labute approximate surface area is 164 Å². The van der Waals surface area contributed by atoms with Gasteiger partial charge < -0.3 is 4.90 Å². The van der Waals surface area contributed by atoms with Gasteiger partial charge in [0.2, 0.25) is 5.91 Å². The van der Waals surface area contributed by atoms with Crippen molar-refractivity contribution in [1.29, 1.82) is 0 Å². The molecule has 0 spiro atoms. The SMILES string of the molecule is O=C1CN(CCc2ccc(Cl)cc2)C2CS(=O)(=O)CC2N1c1ccccc1. The Balaban J connectivity index is 1.57. The fraction of sp³-hybridized carbons (Fsp3) is 0.350. The van der Waals surface area contributed by atoms with Gasteiger partial charge in [0.05, 0.1) is 24.1 Å². The second-order valence-electron chi connectivity index (χ2n) is 7.16. The average molecular weight is 405 g/mol. The van der Waals surface area contributed by atoms with E-state index in [0.29, 0.717) is 11.6 Å². The number of para-hydroxylation sites is 1. The Kier molecular flexibility index (Phi) is 4.97. The maximum absolute atomic E-state index is 12.9. The molecule has 2 fully saturated rings. The summed E-state index contributed by atoms with van der Waals surface area (Å²) in [6, 6.07) is 16.5. The van der Waals surface area contributed by atoms with Crippen molar-refractivity contribution in [1.82, 2.24) is 4.90 Å². The molecule has 27 heavy (non-hydrogen) atoms. The second-order valence-corrected chi connectivity index (χ2v) is 9.75. The van der Waals surface area contributed by atoms with Crippen molar-refractivity contribution in [2.24, 2.45) is 0 Å². The summed E-state index contributed by atoms with van der Waals surface area (Å²) in [5.41, 5.74) is 1.89. The first kappa shape index (κ1) is 18.5. The van der Waals surface area contributed by atoms with Crippen molar-refractivity contribution in [3.63, 3.8) is 0 Å². The van der Waals surface area contributed by atoms with Crippen LogP contribution in [0, 0.1) is 0 Å². The van der Waals surface area contributed by atoms with Crippen LogP contribution >= 0.6 is 11.6 Å². The monoisotopic (exact) mass is 404 g/mol. The number of benzene rings is 2. The lowest BCUT2D eigenvalue weighted by Gasteiger charge is -2.43. The molecule has 2 aliphatic rings. The molecule has 0 N–H and O–H groups in total. The summed E-state index contributed by atoms with van der Waals surface area (Å²) in [6.07, 6.45) is 0.749. The van der Waals surface area contributed by atoms with Crippen molar-refractivity contribution >= 4 is 33.0 Å². The molecule has 1 amide bonds. The molecule has 2 atom stereocenters. The third-order valence-electron chi connectivity index (χ3n) is 5.34. The summed E-state index contributed by atoms with van der Waals surface area (Å²) in [5, 5.41) is 0.687. The number of nitrogens with zero attached hydrogens (tertiary/aromatic N) is 2. The van der Waals surface area contributed by atoms with Gasteiger partial charge in [-0.25, -0.2) is 8.42 Å². The molecular formula is C20H21ClN2O3S. The van der Waals surface area contributed by atoms with Gasteiger partial charge in [-0.15, -0.1) is 0 Å². The number of halogens is 1. The Bertz CT molecular complexity index is 931. The highest BCUT2D eigenvalue weighted by molar-refractivity contribution is 7.91. The summed E-state index contributed by atoms with van der Waals surface area (Å²) in [7, 11) is -3.17. The third-order valence-corrected chi connectivity index (χ3v) is 7.29. The molecule has 5 nitrogen and oxygen atoms in total. The highest BCUT2D eigenvalue weighted by atomic mass is 35.5. The van der Waals surface area contributed by atoms with Crippen LogP contribution in [0.15, 0.2) is 54.6 Å². The number of hydrogen-bond donors (Lipinski definition) is 0. The molecule has 2 aliphatic heterocycles. The lowest BCUT2D eigenvalue weighted by atomic mass is 10.0. The van der Waals surface area contributed by atoms with Gasteiger partial charge in [-0.3, -0.25) is 9.69 Å². The minimum atomic E-state index is -3.17. The number of amides is 1. The molecule has 7 heteroatoms. The zero-order chi connectivity index (χ0) is 19.0. The summed E-state index contributed by atoms with van der Waals surface area (Å²) >= 11 is 5.93. The first-order chi connectivity index (χ1) is 12.9. The number of anilines is 1.